The molecule has 0 bridgehead atoms. The van der Waals surface area contributed by atoms with E-state index in [2.05, 4.69) is 4.74 Å². The first-order valence-corrected chi connectivity index (χ1v) is 6.09. The Kier molecular flexibility index (Phi) is 10.9. The summed E-state index contributed by atoms with van der Waals surface area (Å²) in [4.78, 5) is 22.4. The van der Waals surface area contributed by atoms with Crippen LogP contribution in [-0.4, -0.2) is 38.4 Å². The Morgan fingerprint density at radius 3 is 1.59 bits per heavy atom. The van der Waals surface area contributed by atoms with Crippen LogP contribution in [0.2, 0.25) is 0 Å². The molecule has 0 unspecified atom stereocenters. The Balaban J connectivity index is 3.42. The summed E-state index contributed by atoms with van der Waals surface area (Å²) >= 11 is 0. The van der Waals surface area contributed by atoms with Gasteiger partial charge in [-0.2, -0.15) is 0 Å². The van der Waals surface area contributed by atoms with Crippen molar-refractivity contribution >= 4 is 11.9 Å². The maximum absolute atomic E-state index is 11.2. The van der Waals surface area contributed by atoms with E-state index in [0.717, 1.165) is 0 Å². The van der Waals surface area contributed by atoms with Crippen molar-refractivity contribution in [2.45, 2.75) is 39.5 Å². The van der Waals surface area contributed by atoms with E-state index in [-0.39, 0.29) is 12.8 Å². The van der Waals surface area contributed by atoms with Crippen molar-refractivity contribution in [3.8, 4) is 0 Å². The first-order valence-electron chi connectivity index (χ1n) is 6.09. The molecule has 0 aliphatic rings. The van der Waals surface area contributed by atoms with Crippen molar-refractivity contribution in [2.75, 3.05) is 26.4 Å². The molecule has 100 valence electrons. The maximum Gasteiger partial charge on any atom is 0.313 e. The molecule has 0 aromatic rings. The van der Waals surface area contributed by atoms with E-state index in [9.17, 15) is 9.59 Å². The average molecular weight is 246 g/mol. The summed E-state index contributed by atoms with van der Waals surface area (Å²) in [5.41, 5.74) is 0. The third kappa shape index (κ3) is 11.3. The standard InChI is InChI=1S/C12H22O5/c1-3-15-9-5-7-11(13)17-12(14)8-6-10-16-4-2/h3-10H2,1-2H3. The van der Waals surface area contributed by atoms with E-state index >= 15 is 0 Å². The molecule has 0 saturated heterocycles. The van der Waals surface area contributed by atoms with Crippen molar-refractivity contribution < 1.29 is 23.8 Å². The SMILES string of the molecule is CCOCCCC(=O)OC(=O)CCCOCC. The molecule has 0 atom stereocenters. The molecule has 5 nitrogen and oxygen atoms in total. The molecule has 0 aliphatic carbocycles. The zero-order valence-corrected chi connectivity index (χ0v) is 10.7. The third-order valence-electron chi connectivity index (χ3n) is 1.98. The van der Waals surface area contributed by atoms with E-state index in [0.29, 0.717) is 39.3 Å². The second-order valence-corrected chi connectivity index (χ2v) is 3.45. The molecule has 0 spiro atoms. The molecular formula is C12H22O5. The van der Waals surface area contributed by atoms with Gasteiger partial charge in [0, 0.05) is 39.3 Å². The summed E-state index contributed by atoms with van der Waals surface area (Å²) in [5, 5.41) is 0. The van der Waals surface area contributed by atoms with Crippen LogP contribution in [-0.2, 0) is 23.8 Å². The molecule has 5 heteroatoms. The Morgan fingerprint density at radius 2 is 1.24 bits per heavy atom. The fraction of sp³-hybridized carbons (Fsp3) is 0.833. The van der Waals surface area contributed by atoms with Crippen LogP contribution in [0.15, 0.2) is 0 Å². The fourth-order valence-electron chi connectivity index (χ4n) is 1.15. The van der Waals surface area contributed by atoms with E-state index in [1.807, 2.05) is 13.8 Å². The lowest BCUT2D eigenvalue weighted by Gasteiger charge is -2.03. The first kappa shape index (κ1) is 16.1. The average Bonchev–Trinajstić information content (AvgIpc) is 2.30. The highest BCUT2D eigenvalue weighted by Crippen LogP contribution is 1.98. The molecule has 0 aromatic heterocycles. The molecule has 0 heterocycles. The predicted octanol–water partition coefficient (Wildman–Crippen LogP) is 1.69. The Bertz CT molecular complexity index is 193. The highest BCUT2D eigenvalue weighted by Gasteiger charge is 2.09. The van der Waals surface area contributed by atoms with Gasteiger partial charge in [-0.3, -0.25) is 9.59 Å². The number of esters is 2. The molecule has 0 saturated carbocycles. The van der Waals surface area contributed by atoms with Crippen LogP contribution in [0.25, 0.3) is 0 Å². The van der Waals surface area contributed by atoms with Gasteiger partial charge in [-0.05, 0) is 26.7 Å². The van der Waals surface area contributed by atoms with Crippen molar-refractivity contribution in [1.29, 1.82) is 0 Å². The summed E-state index contributed by atoms with van der Waals surface area (Å²) < 4.78 is 14.8. The van der Waals surface area contributed by atoms with Crippen molar-refractivity contribution in [1.82, 2.24) is 0 Å². The van der Waals surface area contributed by atoms with Crippen LogP contribution in [0.1, 0.15) is 39.5 Å². The second kappa shape index (κ2) is 11.5. The number of carbonyl (C=O) groups is 2. The van der Waals surface area contributed by atoms with Gasteiger partial charge in [0.05, 0.1) is 0 Å². The highest BCUT2D eigenvalue weighted by atomic mass is 16.6. The normalized spacial score (nSPS) is 10.2. The zero-order chi connectivity index (χ0) is 12.9. The topological polar surface area (TPSA) is 61.8 Å². The van der Waals surface area contributed by atoms with Crippen molar-refractivity contribution in [3.05, 3.63) is 0 Å². The lowest BCUT2D eigenvalue weighted by atomic mass is 10.3. The largest absolute Gasteiger partial charge is 0.393 e. The molecule has 0 N–H and O–H groups in total. The molecule has 0 fully saturated rings. The lowest BCUT2D eigenvalue weighted by Crippen LogP contribution is -2.13. The van der Waals surface area contributed by atoms with E-state index < -0.39 is 11.9 Å². The molecule has 17 heavy (non-hydrogen) atoms. The summed E-state index contributed by atoms with van der Waals surface area (Å²) in [7, 11) is 0. The van der Waals surface area contributed by atoms with Gasteiger partial charge in [0.25, 0.3) is 0 Å². The van der Waals surface area contributed by atoms with Crippen LogP contribution >= 0.6 is 0 Å². The minimum Gasteiger partial charge on any atom is -0.393 e. The third-order valence-corrected chi connectivity index (χ3v) is 1.98. The van der Waals surface area contributed by atoms with Gasteiger partial charge >= 0.3 is 11.9 Å². The van der Waals surface area contributed by atoms with E-state index in [4.69, 9.17) is 9.47 Å². The molecule has 0 aromatic carbocycles. The van der Waals surface area contributed by atoms with Gasteiger partial charge in [0.15, 0.2) is 0 Å². The monoisotopic (exact) mass is 246 g/mol. The number of carbonyl (C=O) groups excluding carboxylic acids is 2. The van der Waals surface area contributed by atoms with Crippen molar-refractivity contribution in [3.63, 3.8) is 0 Å². The smallest absolute Gasteiger partial charge is 0.313 e. The molecule has 0 aliphatic heterocycles. The Morgan fingerprint density at radius 1 is 0.824 bits per heavy atom. The van der Waals surface area contributed by atoms with Crippen LogP contribution in [0, 0.1) is 0 Å². The first-order chi connectivity index (χ1) is 8.20. The Hall–Kier alpha value is -0.940. The summed E-state index contributed by atoms with van der Waals surface area (Å²) in [5.74, 6) is -0.961. The molecule has 0 radical (unpaired) electrons. The number of hydrogen-bond donors (Lipinski definition) is 0. The number of ether oxygens (including phenoxy) is 3. The van der Waals surface area contributed by atoms with Gasteiger partial charge in [-0.1, -0.05) is 0 Å². The van der Waals surface area contributed by atoms with Gasteiger partial charge in [0.2, 0.25) is 0 Å². The summed E-state index contributed by atoms with van der Waals surface area (Å²) in [6, 6.07) is 0. The van der Waals surface area contributed by atoms with Gasteiger partial charge in [0.1, 0.15) is 0 Å². The summed E-state index contributed by atoms with van der Waals surface area (Å²) in [6.45, 7) is 6.07. The number of rotatable bonds is 10. The molecule has 0 amide bonds. The van der Waals surface area contributed by atoms with Gasteiger partial charge in [-0.15, -0.1) is 0 Å². The minimum absolute atomic E-state index is 0.219. The predicted molar refractivity (Wildman–Crippen MR) is 62.6 cm³/mol. The van der Waals surface area contributed by atoms with Crippen LogP contribution in [0.3, 0.4) is 0 Å². The Labute approximate surface area is 102 Å². The minimum atomic E-state index is -0.480. The molecule has 0 rings (SSSR count). The van der Waals surface area contributed by atoms with Crippen LogP contribution < -0.4 is 0 Å². The number of hydrogen-bond acceptors (Lipinski definition) is 5. The zero-order valence-electron chi connectivity index (χ0n) is 10.7. The van der Waals surface area contributed by atoms with Gasteiger partial charge < -0.3 is 14.2 Å². The van der Waals surface area contributed by atoms with Crippen molar-refractivity contribution in [2.24, 2.45) is 0 Å². The molecular weight excluding hydrogens is 224 g/mol. The van der Waals surface area contributed by atoms with Gasteiger partial charge in [-0.25, -0.2) is 0 Å². The highest BCUT2D eigenvalue weighted by molar-refractivity contribution is 5.85. The van der Waals surface area contributed by atoms with Crippen LogP contribution in [0.4, 0.5) is 0 Å². The fourth-order valence-corrected chi connectivity index (χ4v) is 1.15. The van der Waals surface area contributed by atoms with E-state index in [1.165, 1.54) is 0 Å². The summed E-state index contributed by atoms with van der Waals surface area (Å²) in [6.07, 6.45) is 1.60. The quantitative estimate of drug-likeness (QED) is 0.333. The van der Waals surface area contributed by atoms with E-state index in [1.54, 1.807) is 0 Å². The maximum atomic E-state index is 11.2. The lowest BCUT2D eigenvalue weighted by molar-refractivity contribution is -0.160. The second-order valence-electron chi connectivity index (χ2n) is 3.45. The van der Waals surface area contributed by atoms with Crippen LogP contribution in [0.5, 0.6) is 0 Å².